The summed E-state index contributed by atoms with van der Waals surface area (Å²) in [5.41, 5.74) is 11.4. The number of phosphoric ester groups is 2. The topological polar surface area (TPSA) is 318 Å². The van der Waals surface area contributed by atoms with E-state index in [4.69, 9.17) is 25.5 Å². The van der Waals surface area contributed by atoms with E-state index in [0.29, 0.717) is 0 Å². The molecular weight excluding hydrogens is 636 g/mol. The summed E-state index contributed by atoms with van der Waals surface area (Å²) in [6, 6.07) is 2.83. The number of ether oxygens (including phenoxy) is 2. The molecule has 2 fully saturated rings. The summed E-state index contributed by atoms with van der Waals surface area (Å²) in [4.78, 5) is 43.3. The first-order chi connectivity index (χ1) is 20.7. The molecule has 0 bridgehead atoms. The van der Waals surface area contributed by atoms with E-state index in [1.807, 2.05) is 0 Å². The number of aliphatic hydroxyl groups excluding tert-OH is 4. The number of imidazole rings is 1. The number of carbonyl (C=O) groups excluding carboxylic acids is 1. The second-order valence-corrected chi connectivity index (χ2v) is 12.7. The number of carbonyl (C=O) groups is 1. The first-order valence-electron chi connectivity index (χ1n) is 12.6. The zero-order chi connectivity index (χ0) is 32.0. The van der Waals surface area contributed by atoms with E-state index < -0.39 is 83.8 Å². The summed E-state index contributed by atoms with van der Waals surface area (Å²) >= 11 is 0. The van der Waals surface area contributed by atoms with Gasteiger partial charge in [-0.15, -0.1) is 0 Å². The van der Waals surface area contributed by atoms with Crippen molar-refractivity contribution in [2.45, 2.75) is 49.1 Å². The summed E-state index contributed by atoms with van der Waals surface area (Å²) in [5.74, 6) is -0.714. The zero-order valence-electron chi connectivity index (χ0n) is 22.2. The lowest BCUT2D eigenvalue weighted by Gasteiger charge is -2.20. The van der Waals surface area contributed by atoms with Crippen LogP contribution in [0.15, 0.2) is 37.2 Å². The van der Waals surface area contributed by atoms with Crippen LogP contribution >= 0.6 is 15.6 Å². The van der Waals surface area contributed by atoms with E-state index >= 15 is 0 Å². The number of anilines is 1. The quantitative estimate of drug-likeness (QED) is 0.0747. The SMILES string of the molecule is NC(=O)c1ccc[n+]([C@H]2O[C@H](COP(=O)(O)OP(=O)(O)OC[C@H]3O[C@H](n4cnc5c(N)ncnc54)[C@H](O)[C@@H]3O)[C@@H](O)[C@H]2O)c1. The Morgan fingerprint density at radius 1 is 0.977 bits per heavy atom. The number of hydrogen-bond acceptors (Lipinski definition) is 16. The minimum Gasteiger partial charge on any atom is -0.387 e. The second kappa shape index (κ2) is 12.4. The van der Waals surface area contributed by atoms with Gasteiger partial charge in [-0.25, -0.2) is 24.1 Å². The minimum atomic E-state index is -5.37. The number of aliphatic hydroxyl groups is 4. The number of nitrogen functional groups attached to an aromatic ring is 1. The van der Waals surface area contributed by atoms with Gasteiger partial charge in [-0.1, -0.05) is 0 Å². The highest BCUT2D eigenvalue weighted by molar-refractivity contribution is 7.61. The van der Waals surface area contributed by atoms with Crippen LogP contribution in [0.25, 0.3) is 11.2 Å². The lowest BCUT2D eigenvalue weighted by molar-refractivity contribution is -0.765. The first-order valence-corrected chi connectivity index (χ1v) is 15.6. The molecule has 3 aromatic rings. The van der Waals surface area contributed by atoms with Gasteiger partial charge in [0.05, 0.1) is 19.5 Å². The molecule has 2 aliphatic rings. The zero-order valence-corrected chi connectivity index (χ0v) is 24.0. The Morgan fingerprint density at radius 2 is 1.61 bits per heavy atom. The molecule has 2 saturated heterocycles. The van der Waals surface area contributed by atoms with Gasteiger partial charge < -0.3 is 51.2 Å². The molecule has 0 saturated carbocycles. The van der Waals surface area contributed by atoms with Crippen LogP contribution < -0.4 is 16.0 Å². The molecule has 3 aromatic heterocycles. The van der Waals surface area contributed by atoms with Crippen LogP contribution in [0.1, 0.15) is 22.8 Å². The van der Waals surface area contributed by atoms with E-state index in [2.05, 4.69) is 23.8 Å². The molecule has 0 aliphatic carbocycles. The van der Waals surface area contributed by atoms with Crippen molar-refractivity contribution in [3.05, 3.63) is 42.7 Å². The Labute approximate surface area is 246 Å². The molecule has 5 rings (SSSR count). The molecule has 10 atom stereocenters. The van der Waals surface area contributed by atoms with Crippen LogP contribution in [-0.2, 0) is 32.0 Å². The molecular formula is C21H28N7O14P2+. The maximum Gasteiger partial charge on any atom is 0.481 e. The van der Waals surface area contributed by atoms with Crippen molar-refractivity contribution in [2.24, 2.45) is 5.73 Å². The van der Waals surface area contributed by atoms with Gasteiger partial charge in [-0.3, -0.25) is 18.4 Å². The average Bonchev–Trinajstić information content (AvgIpc) is 3.61. The Hall–Kier alpha value is -3.01. The number of fused-ring (bicyclic) bond motifs is 1. The third-order valence-corrected chi connectivity index (χ3v) is 9.35. The fourth-order valence-corrected chi connectivity index (χ4v) is 6.67. The third-order valence-electron chi connectivity index (χ3n) is 6.75. The van der Waals surface area contributed by atoms with Crippen LogP contribution in [0.5, 0.6) is 0 Å². The molecule has 0 aromatic carbocycles. The molecule has 23 heteroatoms. The number of primary amides is 1. The Bertz CT molecular complexity index is 1630. The smallest absolute Gasteiger partial charge is 0.387 e. The number of aromatic nitrogens is 5. The van der Waals surface area contributed by atoms with Crippen LogP contribution in [0.4, 0.5) is 5.82 Å². The highest BCUT2D eigenvalue weighted by Gasteiger charge is 2.50. The molecule has 2 aliphatic heterocycles. The Balaban J connectivity index is 1.16. The fraction of sp³-hybridized carbons (Fsp3) is 0.476. The van der Waals surface area contributed by atoms with Gasteiger partial charge in [0.15, 0.2) is 36.2 Å². The van der Waals surface area contributed by atoms with Gasteiger partial charge in [-0.05, 0) is 6.07 Å². The van der Waals surface area contributed by atoms with Gasteiger partial charge in [0.2, 0.25) is 0 Å². The number of amides is 1. The van der Waals surface area contributed by atoms with Gasteiger partial charge in [-0.2, -0.15) is 8.88 Å². The number of rotatable bonds is 11. The number of pyridine rings is 1. The van der Waals surface area contributed by atoms with Crippen LogP contribution in [0.2, 0.25) is 0 Å². The summed E-state index contributed by atoms with van der Waals surface area (Å²) in [6.07, 6.45) is -6.85. The number of phosphoric acid groups is 2. The molecule has 21 nitrogen and oxygen atoms in total. The Morgan fingerprint density at radius 3 is 2.27 bits per heavy atom. The predicted octanol–water partition coefficient (Wildman–Crippen LogP) is -3.02. The van der Waals surface area contributed by atoms with E-state index in [1.54, 1.807) is 0 Å². The average molecular weight is 664 g/mol. The van der Waals surface area contributed by atoms with Gasteiger partial charge in [0.25, 0.3) is 12.1 Å². The van der Waals surface area contributed by atoms with Gasteiger partial charge >= 0.3 is 15.6 Å². The molecule has 5 heterocycles. The molecule has 2 unspecified atom stereocenters. The predicted molar refractivity (Wildman–Crippen MR) is 139 cm³/mol. The lowest BCUT2D eigenvalue weighted by atomic mass is 10.1. The maximum absolute atomic E-state index is 12.4. The Kier molecular flexibility index (Phi) is 9.13. The van der Waals surface area contributed by atoms with Crippen molar-refractivity contribution >= 4 is 38.5 Å². The summed E-state index contributed by atoms with van der Waals surface area (Å²) in [7, 11) is -10.7. The minimum absolute atomic E-state index is 0.0505. The van der Waals surface area contributed by atoms with E-state index in [1.165, 1.54) is 40.0 Å². The number of hydrogen-bond donors (Lipinski definition) is 8. The van der Waals surface area contributed by atoms with Crippen LogP contribution in [0, 0.1) is 0 Å². The molecule has 44 heavy (non-hydrogen) atoms. The van der Waals surface area contributed by atoms with Crippen molar-refractivity contribution in [3.63, 3.8) is 0 Å². The standard InChI is InChI=1S/C21H27N7O14P2/c22-17-12-19(25-7-24-17)28(8-26-12)21-16(32)14(30)11(41-21)6-39-44(36,37)42-43(34,35)38-5-10-13(29)15(31)20(40-10)27-3-1-2-9(4-27)18(23)33/h1-4,7-8,10-11,13-16,20-21,29-32H,5-6H2,(H5-,22,23,24,25,33,34,35,36,37)/p+1/t10-,11-,13-,14-,15-,16-,20+,21+/m1/s1. The highest BCUT2D eigenvalue weighted by Crippen LogP contribution is 2.60. The first kappa shape index (κ1) is 32.4. The lowest BCUT2D eigenvalue weighted by Crippen LogP contribution is -2.46. The van der Waals surface area contributed by atoms with Crippen LogP contribution in [-0.4, -0.2) is 105 Å². The molecule has 10 N–H and O–H groups in total. The monoisotopic (exact) mass is 664 g/mol. The summed E-state index contributed by atoms with van der Waals surface area (Å²) < 4.78 is 52.0. The maximum atomic E-state index is 12.4. The van der Waals surface area contributed by atoms with E-state index in [9.17, 15) is 44.1 Å². The largest absolute Gasteiger partial charge is 0.481 e. The molecule has 240 valence electrons. The van der Waals surface area contributed by atoms with Crippen molar-refractivity contribution < 1.29 is 71.5 Å². The van der Waals surface area contributed by atoms with Gasteiger partial charge in [0.1, 0.15) is 47.9 Å². The van der Waals surface area contributed by atoms with Crippen molar-refractivity contribution in [1.29, 1.82) is 0 Å². The second-order valence-electron chi connectivity index (χ2n) is 9.69. The fourth-order valence-electron chi connectivity index (χ4n) is 4.58. The third kappa shape index (κ3) is 6.65. The molecule has 0 spiro atoms. The summed E-state index contributed by atoms with van der Waals surface area (Å²) in [5, 5.41) is 41.6. The van der Waals surface area contributed by atoms with Crippen molar-refractivity contribution in [1.82, 2.24) is 19.5 Å². The van der Waals surface area contributed by atoms with E-state index in [0.717, 1.165) is 6.33 Å². The number of nitrogens with two attached hydrogens (primary N) is 2. The van der Waals surface area contributed by atoms with Crippen molar-refractivity contribution in [2.75, 3.05) is 18.9 Å². The van der Waals surface area contributed by atoms with Crippen LogP contribution in [0.3, 0.4) is 0 Å². The van der Waals surface area contributed by atoms with Crippen molar-refractivity contribution in [3.8, 4) is 0 Å². The molecule has 1 amide bonds. The highest BCUT2D eigenvalue weighted by atomic mass is 31.3. The molecule has 0 radical (unpaired) electrons. The normalized spacial score (nSPS) is 31.6. The number of nitrogens with zero attached hydrogens (tertiary/aromatic N) is 5. The summed E-state index contributed by atoms with van der Waals surface area (Å²) in [6.45, 7) is -1.80. The van der Waals surface area contributed by atoms with E-state index in [-0.39, 0.29) is 22.5 Å². The van der Waals surface area contributed by atoms with Gasteiger partial charge in [0, 0.05) is 6.07 Å².